The van der Waals surface area contributed by atoms with Crippen LogP contribution in [0.1, 0.15) is 26.3 Å². The highest BCUT2D eigenvalue weighted by Gasteiger charge is 2.73. The molecule has 25 heavy (non-hydrogen) atoms. The minimum absolute atomic E-state index is 0.0410. The number of alkyl halides is 6. The van der Waals surface area contributed by atoms with Crippen molar-refractivity contribution in [3.63, 3.8) is 0 Å². The third-order valence-electron chi connectivity index (χ3n) is 2.83. The first kappa shape index (κ1) is 22.1. The lowest BCUT2D eigenvalue weighted by molar-refractivity contribution is -0.311. The van der Waals surface area contributed by atoms with Crippen molar-refractivity contribution in [2.24, 2.45) is 0 Å². The van der Waals surface area contributed by atoms with Gasteiger partial charge < -0.3 is 4.74 Å². The average molecular weight is 501 g/mol. The van der Waals surface area contributed by atoms with Gasteiger partial charge in [0.1, 0.15) is 5.60 Å². The van der Waals surface area contributed by atoms with Gasteiger partial charge in [-0.15, -0.1) is 0 Å². The smallest absolute Gasteiger partial charge is 0.424 e. The van der Waals surface area contributed by atoms with E-state index in [0.717, 1.165) is 5.32 Å². The van der Waals surface area contributed by atoms with E-state index in [-0.39, 0.29) is 8.95 Å². The number of hydrogen-bond acceptors (Lipinski definition) is 2. The zero-order valence-corrected chi connectivity index (χ0v) is 16.2. The number of hydrogen-bond donors (Lipinski definition) is 1. The standard InChI is InChI=1S/C14H13Br2F6NO2/c1-11(2,3)25-10(24)23-12(13(17,18)19,14(20,21)22)7-4-8(15)6-9(16)5-7/h4-6H,1-3H3,(H,23,24). The Kier molecular flexibility index (Phi) is 6.16. The van der Waals surface area contributed by atoms with E-state index < -0.39 is 35.1 Å². The number of benzene rings is 1. The van der Waals surface area contributed by atoms with Crippen LogP contribution in [-0.2, 0) is 10.3 Å². The Labute approximate surface area is 156 Å². The third kappa shape index (κ3) is 5.02. The largest absolute Gasteiger partial charge is 0.444 e. The predicted octanol–water partition coefficient (Wildman–Crippen LogP) is 6.06. The molecule has 0 heterocycles. The summed E-state index contributed by atoms with van der Waals surface area (Å²) in [6, 6.07) is 2.51. The molecular formula is C14H13Br2F6NO2. The molecule has 11 heteroatoms. The number of alkyl carbamates (subject to hydrolysis) is 1. The quantitative estimate of drug-likeness (QED) is 0.501. The highest BCUT2D eigenvalue weighted by atomic mass is 79.9. The molecule has 0 aromatic heterocycles. The molecule has 142 valence electrons. The zero-order valence-electron chi connectivity index (χ0n) is 13.1. The van der Waals surface area contributed by atoms with Gasteiger partial charge in [0, 0.05) is 8.95 Å². The maximum atomic E-state index is 13.6. The number of halogens is 8. The summed E-state index contributed by atoms with van der Waals surface area (Å²) in [5.41, 5.74) is -7.15. The van der Waals surface area contributed by atoms with Gasteiger partial charge in [0.2, 0.25) is 0 Å². The van der Waals surface area contributed by atoms with E-state index in [9.17, 15) is 31.1 Å². The molecule has 0 saturated carbocycles. The number of rotatable bonds is 2. The monoisotopic (exact) mass is 499 g/mol. The summed E-state index contributed by atoms with van der Waals surface area (Å²) < 4.78 is 86.1. The topological polar surface area (TPSA) is 38.3 Å². The number of amides is 1. The van der Waals surface area contributed by atoms with Crippen molar-refractivity contribution in [1.82, 2.24) is 5.32 Å². The third-order valence-corrected chi connectivity index (χ3v) is 3.75. The second-order valence-corrected chi connectivity index (χ2v) is 7.86. The highest BCUT2D eigenvalue weighted by molar-refractivity contribution is 9.11. The molecule has 1 aromatic rings. The van der Waals surface area contributed by atoms with Gasteiger partial charge in [-0.2, -0.15) is 26.3 Å². The molecule has 1 amide bonds. The molecule has 1 aromatic carbocycles. The van der Waals surface area contributed by atoms with Crippen LogP contribution < -0.4 is 5.32 Å². The van der Waals surface area contributed by atoms with Crippen LogP contribution in [0.15, 0.2) is 27.1 Å². The number of carbonyl (C=O) groups is 1. The fourth-order valence-electron chi connectivity index (χ4n) is 1.93. The Hall–Kier alpha value is -0.970. The molecule has 0 bridgehead atoms. The summed E-state index contributed by atoms with van der Waals surface area (Å²) >= 11 is 5.69. The first-order valence-electron chi connectivity index (χ1n) is 6.61. The van der Waals surface area contributed by atoms with Crippen molar-refractivity contribution < 1.29 is 35.9 Å². The molecule has 0 aliphatic carbocycles. The molecule has 1 rings (SSSR count). The van der Waals surface area contributed by atoms with Crippen LogP contribution in [-0.4, -0.2) is 24.0 Å². The Morgan fingerprint density at radius 2 is 1.32 bits per heavy atom. The van der Waals surface area contributed by atoms with Gasteiger partial charge >= 0.3 is 18.4 Å². The second-order valence-electron chi connectivity index (χ2n) is 6.03. The van der Waals surface area contributed by atoms with Crippen LogP contribution >= 0.6 is 31.9 Å². The lowest BCUT2D eigenvalue weighted by Crippen LogP contribution is -2.65. The molecule has 0 radical (unpaired) electrons. The van der Waals surface area contributed by atoms with Crippen molar-refractivity contribution in [1.29, 1.82) is 0 Å². The van der Waals surface area contributed by atoms with E-state index >= 15 is 0 Å². The molecule has 0 aliphatic rings. The predicted molar refractivity (Wildman–Crippen MR) is 85.0 cm³/mol. The van der Waals surface area contributed by atoms with E-state index in [4.69, 9.17) is 0 Å². The fraction of sp³-hybridized carbons (Fsp3) is 0.500. The molecule has 0 fully saturated rings. The maximum absolute atomic E-state index is 13.6. The van der Waals surface area contributed by atoms with Gasteiger partial charge in [0.15, 0.2) is 0 Å². The minimum Gasteiger partial charge on any atom is -0.444 e. The fourth-order valence-corrected chi connectivity index (χ4v) is 3.22. The summed E-state index contributed by atoms with van der Waals surface area (Å²) in [6.45, 7) is 3.93. The van der Waals surface area contributed by atoms with Crippen molar-refractivity contribution in [2.45, 2.75) is 44.3 Å². The van der Waals surface area contributed by atoms with Crippen LogP contribution in [0.5, 0.6) is 0 Å². The Balaban J connectivity index is 3.62. The molecule has 0 unspecified atom stereocenters. The molecule has 0 aliphatic heterocycles. The molecular weight excluding hydrogens is 488 g/mol. The number of carbonyl (C=O) groups excluding carboxylic acids is 1. The highest BCUT2D eigenvalue weighted by Crippen LogP contribution is 2.51. The Bertz CT molecular complexity index is 618. The summed E-state index contributed by atoms with van der Waals surface area (Å²) in [4.78, 5) is 11.8. The van der Waals surface area contributed by atoms with Crippen LogP contribution in [0.2, 0.25) is 0 Å². The summed E-state index contributed by atoms with van der Waals surface area (Å²) in [5.74, 6) is 0. The van der Waals surface area contributed by atoms with E-state index in [1.807, 2.05) is 0 Å². The maximum Gasteiger partial charge on any atom is 0.424 e. The van der Waals surface area contributed by atoms with E-state index in [2.05, 4.69) is 36.6 Å². The minimum atomic E-state index is -5.89. The molecule has 0 spiro atoms. The van der Waals surface area contributed by atoms with Crippen LogP contribution in [0.25, 0.3) is 0 Å². The molecule has 1 N–H and O–H groups in total. The van der Waals surface area contributed by atoms with E-state index in [1.165, 1.54) is 26.8 Å². The van der Waals surface area contributed by atoms with Gasteiger partial charge in [0.05, 0.1) is 0 Å². The summed E-state index contributed by atoms with van der Waals surface area (Å²) in [5, 5.41) is 0.985. The lowest BCUT2D eigenvalue weighted by atomic mass is 9.88. The lowest BCUT2D eigenvalue weighted by Gasteiger charge is -2.38. The van der Waals surface area contributed by atoms with Gasteiger partial charge in [-0.25, -0.2) is 4.79 Å². The van der Waals surface area contributed by atoms with E-state index in [1.54, 1.807) is 0 Å². The first-order chi connectivity index (χ1) is 11.0. The van der Waals surface area contributed by atoms with Crippen LogP contribution in [0.3, 0.4) is 0 Å². The molecule has 3 nitrogen and oxygen atoms in total. The molecule has 0 atom stereocenters. The van der Waals surface area contributed by atoms with E-state index in [0.29, 0.717) is 12.1 Å². The molecule has 0 saturated heterocycles. The first-order valence-corrected chi connectivity index (χ1v) is 8.19. The van der Waals surface area contributed by atoms with Gasteiger partial charge in [-0.05, 0) is 44.5 Å². The van der Waals surface area contributed by atoms with Crippen LogP contribution in [0, 0.1) is 0 Å². The SMILES string of the molecule is CC(C)(C)OC(=O)NC(c1cc(Br)cc(Br)c1)(C(F)(F)F)C(F)(F)F. The zero-order chi connectivity index (χ0) is 19.8. The Morgan fingerprint density at radius 1 is 0.920 bits per heavy atom. The summed E-state index contributed by atoms with van der Waals surface area (Å²) in [6.07, 6.45) is -13.6. The Morgan fingerprint density at radius 3 is 1.64 bits per heavy atom. The van der Waals surface area contributed by atoms with Crippen molar-refractivity contribution >= 4 is 38.0 Å². The van der Waals surface area contributed by atoms with Crippen LogP contribution in [0.4, 0.5) is 31.1 Å². The second kappa shape index (κ2) is 6.98. The number of ether oxygens (including phenoxy) is 1. The van der Waals surface area contributed by atoms with Gasteiger partial charge in [-0.3, -0.25) is 5.32 Å². The van der Waals surface area contributed by atoms with Gasteiger partial charge in [-0.1, -0.05) is 31.9 Å². The normalized spacial score (nSPS) is 13.6. The van der Waals surface area contributed by atoms with Gasteiger partial charge in [0.25, 0.3) is 5.54 Å². The number of nitrogens with one attached hydrogen (secondary N) is 1. The average Bonchev–Trinajstić information content (AvgIpc) is 2.28. The van der Waals surface area contributed by atoms with Crippen molar-refractivity contribution in [3.05, 3.63) is 32.7 Å². The summed E-state index contributed by atoms with van der Waals surface area (Å²) in [7, 11) is 0. The van der Waals surface area contributed by atoms with Crippen molar-refractivity contribution in [3.8, 4) is 0 Å². The van der Waals surface area contributed by atoms with Crippen molar-refractivity contribution in [2.75, 3.05) is 0 Å².